The minimum Gasteiger partial charge on any atom is -0.110 e. The zero-order valence-corrected chi connectivity index (χ0v) is 10.3. The molecule has 0 aromatic heterocycles. The molecular weight excluding hydrogens is 212 g/mol. The van der Waals surface area contributed by atoms with Crippen molar-refractivity contribution < 1.29 is 0 Å². The largest absolute Gasteiger partial charge is 0.110 e. The van der Waals surface area contributed by atoms with Crippen LogP contribution in [0, 0.1) is 6.92 Å². The molecule has 0 radical (unpaired) electrons. The van der Waals surface area contributed by atoms with E-state index in [0.29, 0.717) is 0 Å². The van der Waals surface area contributed by atoms with Gasteiger partial charge in [-0.1, -0.05) is 48.0 Å². The summed E-state index contributed by atoms with van der Waals surface area (Å²) in [6, 6.07) is 17.5. The molecular formula is C15H14S. The van der Waals surface area contributed by atoms with Gasteiger partial charge >= 0.3 is 0 Å². The molecule has 1 atom stereocenters. The Hall–Kier alpha value is -1.21. The molecule has 2 aromatic rings. The minimum atomic E-state index is 0.155. The summed E-state index contributed by atoms with van der Waals surface area (Å²) >= 11 is 1.96. The van der Waals surface area contributed by atoms with Crippen LogP contribution in [0.4, 0.5) is 0 Å². The number of aryl methyl sites for hydroxylation is 1. The van der Waals surface area contributed by atoms with Crippen molar-refractivity contribution >= 4 is 11.8 Å². The minimum absolute atomic E-state index is 0.155. The Morgan fingerprint density at radius 2 is 1.81 bits per heavy atom. The molecule has 3 rings (SSSR count). The molecule has 80 valence electrons. The Bertz CT molecular complexity index is 545. The fourth-order valence-electron chi connectivity index (χ4n) is 2.33. The molecule has 0 nitrogen and oxygen atoms in total. The van der Waals surface area contributed by atoms with Gasteiger partial charge in [0.05, 0.1) is 4.75 Å². The van der Waals surface area contributed by atoms with E-state index in [2.05, 4.69) is 62.4 Å². The first-order valence-corrected chi connectivity index (χ1v) is 6.37. The van der Waals surface area contributed by atoms with Crippen molar-refractivity contribution in [2.24, 2.45) is 0 Å². The van der Waals surface area contributed by atoms with Crippen LogP contribution in [0.25, 0.3) is 0 Å². The molecule has 0 bridgehead atoms. The zero-order valence-electron chi connectivity index (χ0n) is 9.53. The first-order valence-electron chi connectivity index (χ1n) is 5.56. The van der Waals surface area contributed by atoms with Crippen molar-refractivity contribution in [2.75, 3.05) is 0 Å². The molecule has 2 aromatic carbocycles. The maximum Gasteiger partial charge on any atom is 0.0687 e. The van der Waals surface area contributed by atoms with Crippen LogP contribution < -0.4 is 0 Å². The number of thioether (sulfide) groups is 1. The quantitative estimate of drug-likeness (QED) is 0.696. The topological polar surface area (TPSA) is 0 Å². The third-order valence-corrected chi connectivity index (χ3v) is 4.72. The third-order valence-electron chi connectivity index (χ3n) is 3.28. The summed E-state index contributed by atoms with van der Waals surface area (Å²) in [4.78, 5) is 1.42. The normalized spacial score (nSPS) is 22.4. The van der Waals surface area contributed by atoms with Crippen LogP contribution in [0.15, 0.2) is 53.4 Å². The van der Waals surface area contributed by atoms with Crippen LogP contribution in [-0.4, -0.2) is 0 Å². The predicted octanol–water partition coefficient (Wildman–Crippen LogP) is 4.36. The van der Waals surface area contributed by atoms with Crippen molar-refractivity contribution in [1.82, 2.24) is 0 Å². The van der Waals surface area contributed by atoms with E-state index in [1.165, 1.54) is 21.6 Å². The summed E-state index contributed by atoms with van der Waals surface area (Å²) in [5, 5.41) is 0. The van der Waals surface area contributed by atoms with Gasteiger partial charge in [0, 0.05) is 4.90 Å². The van der Waals surface area contributed by atoms with Crippen molar-refractivity contribution in [3.05, 3.63) is 65.2 Å². The summed E-state index contributed by atoms with van der Waals surface area (Å²) in [5.74, 6) is 0. The predicted molar refractivity (Wildman–Crippen MR) is 69.9 cm³/mol. The Morgan fingerprint density at radius 1 is 1.00 bits per heavy atom. The van der Waals surface area contributed by atoms with E-state index in [4.69, 9.17) is 0 Å². The average molecular weight is 226 g/mol. The molecule has 0 spiro atoms. The Kier molecular flexibility index (Phi) is 2.11. The Labute approximate surface area is 101 Å². The highest BCUT2D eigenvalue weighted by molar-refractivity contribution is 8.02. The lowest BCUT2D eigenvalue weighted by molar-refractivity contribution is 0.775. The average Bonchev–Trinajstić information content (AvgIpc) is 2.27. The highest BCUT2D eigenvalue weighted by atomic mass is 32.2. The summed E-state index contributed by atoms with van der Waals surface area (Å²) in [6.45, 7) is 4.47. The molecule has 0 saturated heterocycles. The second-order valence-electron chi connectivity index (χ2n) is 4.50. The highest BCUT2D eigenvalue weighted by Crippen LogP contribution is 2.57. The lowest BCUT2D eigenvalue weighted by atomic mass is 9.90. The number of hydrogen-bond donors (Lipinski definition) is 0. The van der Waals surface area contributed by atoms with Gasteiger partial charge in [-0.15, -0.1) is 11.8 Å². The first kappa shape index (κ1) is 9.98. The van der Waals surface area contributed by atoms with Crippen molar-refractivity contribution in [3.8, 4) is 0 Å². The molecule has 1 aliphatic heterocycles. The van der Waals surface area contributed by atoms with Crippen molar-refractivity contribution in [3.63, 3.8) is 0 Å². The third kappa shape index (κ3) is 1.31. The van der Waals surface area contributed by atoms with Crippen LogP contribution >= 0.6 is 11.8 Å². The number of rotatable bonds is 1. The van der Waals surface area contributed by atoms with Crippen LogP contribution in [0.2, 0.25) is 0 Å². The highest BCUT2D eigenvalue weighted by Gasteiger charge is 2.40. The smallest absolute Gasteiger partial charge is 0.0687 e. The van der Waals surface area contributed by atoms with Gasteiger partial charge < -0.3 is 0 Å². The number of fused-ring (bicyclic) bond motifs is 1. The van der Waals surface area contributed by atoms with Crippen LogP contribution in [0.1, 0.15) is 23.6 Å². The van der Waals surface area contributed by atoms with E-state index >= 15 is 0 Å². The summed E-state index contributed by atoms with van der Waals surface area (Å²) < 4.78 is 0.155. The van der Waals surface area contributed by atoms with Gasteiger partial charge in [0.2, 0.25) is 0 Å². The molecule has 0 N–H and O–H groups in total. The van der Waals surface area contributed by atoms with E-state index in [1.807, 2.05) is 11.8 Å². The Morgan fingerprint density at radius 3 is 2.56 bits per heavy atom. The Balaban J connectivity index is 2.10. The molecule has 0 saturated carbocycles. The molecule has 0 aliphatic carbocycles. The van der Waals surface area contributed by atoms with E-state index in [-0.39, 0.29) is 4.75 Å². The van der Waals surface area contributed by atoms with Gasteiger partial charge in [-0.25, -0.2) is 0 Å². The van der Waals surface area contributed by atoms with E-state index < -0.39 is 0 Å². The molecule has 0 fully saturated rings. The van der Waals surface area contributed by atoms with Crippen molar-refractivity contribution in [2.45, 2.75) is 23.5 Å². The van der Waals surface area contributed by atoms with Gasteiger partial charge in [0.15, 0.2) is 0 Å². The lowest BCUT2D eigenvalue weighted by Gasteiger charge is -2.40. The lowest BCUT2D eigenvalue weighted by Crippen LogP contribution is -2.27. The van der Waals surface area contributed by atoms with Crippen LogP contribution in [0.5, 0.6) is 0 Å². The fraction of sp³-hybridized carbons (Fsp3) is 0.200. The molecule has 1 heterocycles. The van der Waals surface area contributed by atoms with E-state index in [0.717, 1.165) is 0 Å². The van der Waals surface area contributed by atoms with Crippen LogP contribution in [0.3, 0.4) is 0 Å². The van der Waals surface area contributed by atoms with Gasteiger partial charge in [-0.05, 0) is 31.0 Å². The van der Waals surface area contributed by atoms with Crippen molar-refractivity contribution in [1.29, 1.82) is 0 Å². The number of hydrogen-bond acceptors (Lipinski definition) is 1. The second-order valence-corrected chi connectivity index (χ2v) is 5.96. The SMILES string of the molecule is Cc1cccc(C2(C)Sc3ccccc32)c1. The van der Waals surface area contributed by atoms with Gasteiger partial charge in [-0.3, -0.25) is 0 Å². The molecule has 1 unspecified atom stereocenters. The summed E-state index contributed by atoms with van der Waals surface area (Å²) in [7, 11) is 0. The van der Waals surface area contributed by atoms with E-state index in [1.54, 1.807) is 0 Å². The fourth-order valence-corrected chi connectivity index (χ4v) is 3.68. The molecule has 1 aliphatic rings. The van der Waals surface area contributed by atoms with Gasteiger partial charge in [0.1, 0.15) is 0 Å². The van der Waals surface area contributed by atoms with Crippen LogP contribution in [-0.2, 0) is 4.75 Å². The van der Waals surface area contributed by atoms with E-state index in [9.17, 15) is 0 Å². The molecule has 0 amide bonds. The maximum atomic E-state index is 2.31. The summed E-state index contributed by atoms with van der Waals surface area (Å²) in [5.41, 5.74) is 4.21. The molecule has 16 heavy (non-hydrogen) atoms. The molecule has 1 heteroatoms. The number of benzene rings is 2. The standard InChI is InChI=1S/C15H14S/c1-11-6-5-7-12(10-11)15(2)13-8-3-4-9-14(13)16-15/h3-10H,1-2H3. The monoisotopic (exact) mass is 226 g/mol. The second kappa shape index (κ2) is 3.39. The maximum absolute atomic E-state index is 2.31. The summed E-state index contributed by atoms with van der Waals surface area (Å²) in [6.07, 6.45) is 0. The van der Waals surface area contributed by atoms with Gasteiger partial charge in [0.25, 0.3) is 0 Å². The zero-order chi connectivity index (χ0) is 11.2. The first-order chi connectivity index (χ1) is 7.70. The van der Waals surface area contributed by atoms with Gasteiger partial charge in [-0.2, -0.15) is 0 Å².